The van der Waals surface area contributed by atoms with E-state index >= 15 is 0 Å². The number of rotatable bonds is 7. The van der Waals surface area contributed by atoms with Crippen LogP contribution in [0.4, 0.5) is 0 Å². The third-order valence-corrected chi connectivity index (χ3v) is 5.18. The molecule has 154 valence electrons. The summed E-state index contributed by atoms with van der Waals surface area (Å²) in [5.74, 6) is 1.78. The predicted octanol–water partition coefficient (Wildman–Crippen LogP) is 4.04. The van der Waals surface area contributed by atoms with Gasteiger partial charge in [-0.05, 0) is 57.6 Å². The minimum Gasteiger partial charge on any atom is -0.357 e. The van der Waals surface area contributed by atoms with Crippen molar-refractivity contribution in [3.8, 4) is 0 Å². The standard InChI is InChI=1S/C22H33N5.HI/c1-4-23-22(24-12-8-13-27-19(3)15-18(2)25-27)26-14-11-21(17-26)16-20-9-6-5-7-10-20;/h5-7,9-10,15,21H,4,8,11-14,16-17H2,1-3H3,(H,23,24);1H. The van der Waals surface area contributed by atoms with E-state index in [4.69, 9.17) is 4.99 Å². The van der Waals surface area contributed by atoms with Gasteiger partial charge in [-0.25, -0.2) is 0 Å². The maximum atomic E-state index is 4.88. The lowest BCUT2D eigenvalue weighted by Crippen LogP contribution is -2.40. The van der Waals surface area contributed by atoms with Gasteiger partial charge in [0.25, 0.3) is 0 Å². The molecule has 0 radical (unpaired) electrons. The van der Waals surface area contributed by atoms with Gasteiger partial charge in [0.05, 0.1) is 5.69 Å². The highest BCUT2D eigenvalue weighted by Gasteiger charge is 2.24. The second-order valence-electron chi connectivity index (χ2n) is 7.53. The number of aromatic nitrogens is 2. The number of likely N-dealkylation sites (tertiary alicyclic amines) is 1. The van der Waals surface area contributed by atoms with E-state index in [1.807, 2.05) is 6.92 Å². The number of nitrogens with zero attached hydrogens (tertiary/aromatic N) is 4. The van der Waals surface area contributed by atoms with E-state index in [-0.39, 0.29) is 24.0 Å². The molecule has 1 aliphatic heterocycles. The van der Waals surface area contributed by atoms with E-state index in [0.29, 0.717) is 5.92 Å². The molecule has 2 aromatic rings. The zero-order chi connectivity index (χ0) is 19.1. The quantitative estimate of drug-likeness (QED) is 0.273. The van der Waals surface area contributed by atoms with Gasteiger partial charge in [-0.3, -0.25) is 9.67 Å². The van der Waals surface area contributed by atoms with Crippen LogP contribution >= 0.6 is 24.0 Å². The van der Waals surface area contributed by atoms with Gasteiger partial charge in [0.2, 0.25) is 0 Å². The number of aliphatic imine (C=N–C) groups is 1. The van der Waals surface area contributed by atoms with E-state index in [1.54, 1.807) is 0 Å². The van der Waals surface area contributed by atoms with Crippen LogP contribution in [0.25, 0.3) is 0 Å². The summed E-state index contributed by atoms with van der Waals surface area (Å²) in [6.07, 6.45) is 3.41. The van der Waals surface area contributed by atoms with Gasteiger partial charge in [0, 0.05) is 38.4 Å². The molecule has 0 aliphatic carbocycles. The molecule has 1 aromatic carbocycles. The van der Waals surface area contributed by atoms with Crippen molar-refractivity contribution in [2.24, 2.45) is 10.9 Å². The average Bonchev–Trinajstić information content (AvgIpc) is 3.24. The summed E-state index contributed by atoms with van der Waals surface area (Å²) in [4.78, 5) is 7.31. The summed E-state index contributed by atoms with van der Waals surface area (Å²) in [5, 5.41) is 8.01. The first-order valence-corrected chi connectivity index (χ1v) is 10.2. The van der Waals surface area contributed by atoms with Crippen LogP contribution in [0, 0.1) is 19.8 Å². The van der Waals surface area contributed by atoms with Gasteiger partial charge in [-0.2, -0.15) is 5.10 Å². The fraction of sp³-hybridized carbons (Fsp3) is 0.545. The summed E-state index contributed by atoms with van der Waals surface area (Å²) in [6, 6.07) is 13.0. The van der Waals surface area contributed by atoms with Gasteiger partial charge in [-0.1, -0.05) is 30.3 Å². The zero-order valence-corrected chi connectivity index (χ0v) is 19.7. The molecule has 1 fully saturated rings. The summed E-state index contributed by atoms with van der Waals surface area (Å²) >= 11 is 0. The average molecular weight is 495 g/mol. The summed E-state index contributed by atoms with van der Waals surface area (Å²) in [6.45, 7) is 11.2. The third kappa shape index (κ3) is 6.50. The Kier molecular flexibility index (Phi) is 9.28. The largest absolute Gasteiger partial charge is 0.357 e. The molecule has 0 saturated carbocycles. The Hall–Kier alpha value is -1.57. The lowest BCUT2D eigenvalue weighted by molar-refractivity contribution is 0.458. The van der Waals surface area contributed by atoms with Crippen LogP contribution in [-0.4, -0.2) is 46.8 Å². The number of aryl methyl sites for hydroxylation is 3. The number of nitrogens with one attached hydrogen (secondary N) is 1. The third-order valence-electron chi connectivity index (χ3n) is 5.18. The Morgan fingerprint density at radius 2 is 2.04 bits per heavy atom. The molecule has 1 atom stereocenters. The molecule has 28 heavy (non-hydrogen) atoms. The van der Waals surface area contributed by atoms with E-state index in [0.717, 1.165) is 57.2 Å². The van der Waals surface area contributed by atoms with Crippen LogP contribution in [0.1, 0.15) is 36.7 Å². The lowest BCUT2D eigenvalue weighted by atomic mass is 9.99. The second kappa shape index (κ2) is 11.4. The Morgan fingerprint density at radius 1 is 1.25 bits per heavy atom. The molecule has 1 aromatic heterocycles. The summed E-state index contributed by atoms with van der Waals surface area (Å²) in [7, 11) is 0. The van der Waals surface area contributed by atoms with Crippen LogP contribution in [0.3, 0.4) is 0 Å². The first-order chi connectivity index (χ1) is 13.2. The van der Waals surface area contributed by atoms with Crippen molar-refractivity contribution in [1.82, 2.24) is 20.0 Å². The molecule has 0 bridgehead atoms. The fourth-order valence-electron chi connectivity index (χ4n) is 3.87. The highest BCUT2D eigenvalue weighted by molar-refractivity contribution is 14.0. The Balaban J connectivity index is 0.00000280. The van der Waals surface area contributed by atoms with Crippen LogP contribution in [-0.2, 0) is 13.0 Å². The Labute approximate surface area is 186 Å². The van der Waals surface area contributed by atoms with Crippen molar-refractivity contribution in [2.75, 3.05) is 26.2 Å². The van der Waals surface area contributed by atoms with Crippen LogP contribution in [0.2, 0.25) is 0 Å². The Bertz CT molecular complexity index is 741. The number of hydrogen-bond donors (Lipinski definition) is 1. The molecule has 2 heterocycles. The van der Waals surface area contributed by atoms with Gasteiger partial charge in [0.1, 0.15) is 0 Å². The highest BCUT2D eigenvalue weighted by Crippen LogP contribution is 2.21. The minimum atomic E-state index is 0. The van der Waals surface area contributed by atoms with Crippen LogP contribution in [0.15, 0.2) is 41.4 Å². The molecule has 6 heteroatoms. The molecule has 3 rings (SSSR count). The number of guanidine groups is 1. The van der Waals surface area contributed by atoms with E-state index in [9.17, 15) is 0 Å². The molecule has 0 spiro atoms. The smallest absolute Gasteiger partial charge is 0.193 e. The number of benzene rings is 1. The van der Waals surface area contributed by atoms with Crippen molar-refractivity contribution in [1.29, 1.82) is 0 Å². The molecule has 0 amide bonds. The number of hydrogen-bond acceptors (Lipinski definition) is 2. The van der Waals surface area contributed by atoms with Gasteiger partial charge in [-0.15, -0.1) is 24.0 Å². The van der Waals surface area contributed by atoms with Crippen molar-refractivity contribution < 1.29 is 0 Å². The SMILES string of the molecule is CCNC(=NCCCn1nc(C)cc1C)N1CCC(Cc2ccccc2)C1.I. The normalized spacial score (nSPS) is 16.9. The fourth-order valence-corrected chi connectivity index (χ4v) is 3.87. The van der Waals surface area contributed by atoms with E-state index < -0.39 is 0 Å². The maximum absolute atomic E-state index is 4.88. The molecule has 5 nitrogen and oxygen atoms in total. The van der Waals surface area contributed by atoms with Crippen LogP contribution < -0.4 is 5.32 Å². The molecular formula is C22H34IN5. The van der Waals surface area contributed by atoms with Crippen molar-refractivity contribution >= 4 is 29.9 Å². The van der Waals surface area contributed by atoms with Crippen molar-refractivity contribution in [3.63, 3.8) is 0 Å². The summed E-state index contributed by atoms with van der Waals surface area (Å²) in [5.41, 5.74) is 3.76. The monoisotopic (exact) mass is 495 g/mol. The first-order valence-electron chi connectivity index (χ1n) is 10.2. The predicted molar refractivity (Wildman–Crippen MR) is 128 cm³/mol. The van der Waals surface area contributed by atoms with Gasteiger partial charge >= 0.3 is 0 Å². The van der Waals surface area contributed by atoms with E-state index in [1.165, 1.54) is 17.7 Å². The van der Waals surface area contributed by atoms with Crippen LogP contribution in [0.5, 0.6) is 0 Å². The molecule has 1 saturated heterocycles. The second-order valence-corrected chi connectivity index (χ2v) is 7.53. The van der Waals surface area contributed by atoms with E-state index in [2.05, 4.69) is 70.2 Å². The number of halogens is 1. The maximum Gasteiger partial charge on any atom is 0.193 e. The summed E-state index contributed by atoms with van der Waals surface area (Å²) < 4.78 is 2.09. The lowest BCUT2D eigenvalue weighted by Gasteiger charge is -2.21. The Morgan fingerprint density at radius 3 is 2.71 bits per heavy atom. The molecular weight excluding hydrogens is 461 g/mol. The minimum absolute atomic E-state index is 0. The highest BCUT2D eigenvalue weighted by atomic mass is 127. The van der Waals surface area contributed by atoms with Crippen molar-refractivity contribution in [2.45, 2.75) is 46.6 Å². The molecule has 1 N–H and O–H groups in total. The van der Waals surface area contributed by atoms with Crippen molar-refractivity contribution in [3.05, 3.63) is 53.3 Å². The molecule has 1 unspecified atom stereocenters. The molecule has 1 aliphatic rings. The zero-order valence-electron chi connectivity index (χ0n) is 17.4. The first kappa shape index (κ1) is 22.7. The topological polar surface area (TPSA) is 45.5 Å². The van der Waals surface area contributed by atoms with Gasteiger partial charge in [0.15, 0.2) is 5.96 Å². The van der Waals surface area contributed by atoms with Gasteiger partial charge < -0.3 is 10.2 Å².